The molecule has 0 spiro atoms. The van der Waals surface area contributed by atoms with E-state index >= 15 is 0 Å². The van der Waals surface area contributed by atoms with Crippen LogP contribution in [-0.4, -0.2) is 42.9 Å². The normalized spacial score (nSPS) is 23.7. The van der Waals surface area contributed by atoms with E-state index in [2.05, 4.69) is 0 Å². The van der Waals surface area contributed by atoms with E-state index in [1.807, 2.05) is 91.9 Å². The maximum Gasteiger partial charge on any atom is 0.303 e. The van der Waals surface area contributed by atoms with Gasteiger partial charge in [0.15, 0.2) is 6.10 Å². The number of methoxy groups -OCH3 is 1. The molecule has 4 rings (SSSR count). The first-order valence-electron chi connectivity index (χ1n) is 12.0. The maximum absolute atomic E-state index is 12.2. The van der Waals surface area contributed by atoms with E-state index in [0.717, 1.165) is 21.8 Å². The fourth-order valence-electron chi connectivity index (χ4n) is 4.12. The molecule has 1 saturated heterocycles. The summed E-state index contributed by atoms with van der Waals surface area (Å²) in [5.74, 6) is 0.385. The SMILES string of the molecule is COc1ccc(CO[C@@H]2[C@@H](OCc3ccccc3)[C@H](C)O[C@@H](Sc3ccccc3)[C@@H]2OC(C)=O)cc1. The number of rotatable bonds is 10. The zero-order valence-electron chi connectivity index (χ0n) is 20.7. The molecule has 0 aromatic heterocycles. The third-order valence-corrected chi connectivity index (χ3v) is 7.07. The van der Waals surface area contributed by atoms with Gasteiger partial charge in [-0.05, 0) is 42.3 Å². The van der Waals surface area contributed by atoms with E-state index in [1.165, 1.54) is 18.7 Å². The van der Waals surface area contributed by atoms with Gasteiger partial charge in [0.05, 0.1) is 26.4 Å². The number of esters is 1. The molecule has 0 aliphatic carbocycles. The van der Waals surface area contributed by atoms with Crippen molar-refractivity contribution < 1.29 is 28.5 Å². The zero-order valence-corrected chi connectivity index (χ0v) is 21.6. The first-order valence-corrected chi connectivity index (χ1v) is 12.9. The van der Waals surface area contributed by atoms with Crippen molar-refractivity contribution in [1.82, 2.24) is 0 Å². The second-order valence-corrected chi connectivity index (χ2v) is 9.77. The highest BCUT2D eigenvalue weighted by Crippen LogP contribution is 2.37. The summed E-state index contributed by atoms with van der Waals surface area (Å²) in [7, 11) is 1.64. The van der Waals surface area contributed by atoms with Gasteiger partial charge >= 0.3 is 5.97 Å². The fourth-order valence-corrected chi connectivity index (χ4v) is 5.28. The quantitative estimate of drug-likeness (QED) is 0.329. The molecule has 1 heterocycles. The van der Waals surface area contributed by atoms with Crippen LogP contribution in [0.3, 0.4) is 0 Å². The van der Waals surface area contributed by atoms with Gasteiger partial charge in [0.1, 0.15) is 23.4 Å². The molecule has 0 bridgehead atoms. The van der Waals surface area contributed by atoms with Crippen LogP contribution in [0.15, 0.2) is 89.8 Å². The highest BCUT2D eigenvalue weighted by Gasteiger charge is 2.48. The molecule has 0 N–H and O–H groups in total. The molecule has 0 amide bonds. The Kier molecular flexibility index (Phi) is 9.41. The molecule has 0 saturated carbocycles. The summed E-state index contributed by atoms with van der Waals surface area (Å²) in [4.78, 5) is 13.2. The predicted octanol–water partition coefficient (Wildman–Crippen LogP) is 5.63. The zero-order chi connectivity index (χ0) is 25.3. The number of carbonyl (C=O) groups is 1. The minimum Gasteiger partial charge on any atom is -0.497 e. The molecule has 6 nitrogen and oxygen atoms in total. The van der Waals surface area contributed by atoms with Gasteiger partial charge in [-0.1, -0.05) is 72.4 Å². The monoisotopic (exact) mass is 508 g/mol. The van der Waals surface area contributed by atoms with Crippen LogP contribution in [0.2, 0.25) is 0 Å². The molecule has 3 aromatic carbocycles. The third-order valence-electron chi connectivity index (χ3n) is 5.91. The Hall–Kier alpha value is -2.84. The van der Waals surface area contributed by atoms with Gasteiger partial charge in [-0.15, -0.1) is 0 Å². The van der Waals surface area contributed by atoms with Crippen LogP contribution in [0.5, 0.6) is 5.75 Å². The van der Waals surface area contributed by atoms with Crippen molar-refractivity contribution in [3.63, 3.8) is 0 Å². The van der Waals surface area contributed by atoms with Crippen LogP contribution in [0, 0.1) is 0 Å². The molecule has 3 aromatic rings. The summed E-state index contributed by atoms with van der Waals surface area (Å²) in [5, 5.41) is 0. The van der Waals surface area contributed by atoms with Crippen LogP contribution in [0.4, 0.5) is 0 Å². The van der Waals surface area contributed by atoms with Crippen LogP contribution >= 0.6 is 11.8 Å². The molecular formula is C29H32O6S. The maximum atomic E-state index is 12.2. The van der Waals surface area contributed by atoms with E-state index < -0.39 is 29.7 Å². The molecule has 0 radical (unpaired) electrons. The van der Waals surface area contributed by atoms with E-state index in [-0.39, 0.29) is 6.10 Å². The minimum absolute atomic E-state index is 0.289. The molecule has 7 heteroatoms. The van der Waals surface area contributed by atoms with Gasteiger partial charge in [-0.3, -0.25) is 4.79 Å². The van der Waals surface area contributed by atoms with E-state index in [1.54, 1.807) is 7.11 Å². The van der Waals surface area contributed by atoms with Gasteiger partial charge in [0, 0.05) is 11.8 Å². The van der Waals surface area contributed by atoms with Crippen molar-refractivity contribution in [3.05, 3.63) is 96.1 Å². The Labute approximate surface area is 216 Å². The average Bonchev–Trinajstić information content (AvgIpc) is 2.90. The topological polar surface area (TPSA) is 63.2 Å². The average molecular weight is 509 g/mol. The summed E-state index contributed by atoms with van der Waals surface area (Å²) in [6, 6.07) is 27.6. The van der Waals surface area contributed by atoms with Crippen molar-refractivity contribution >= 4 is 17.7 Å². The summed E-state index contributed by atoms with van der Waals surface area (Å²) < 4.78 is 30.3. The molecule has 1 fully saturated rings. The van der Waals surface area contributed by atoms with E-state index in [4.69, 9.17) is 23.7 Å². The lowest BCUT2D eigenvalue weighted by Gasteiger charge is -2.44. The predicted molar refractivity (Wildman–Crippen MR) is 139 cm³/mol. The van der Waals surface area contributed by atoms with Crippen molar-refractivity contribution in [3.8, 4) is 5.75 Å². The number of ether oxygens (including phenoxy) is 5. The standard InChI is InChI=1S/C29H32O6S/c1-20-26(32-18-22-10-6-4-7-11-22)27(33-19-23-14-16-24(31-3)17-15-23)28(35-21(2)30)29(34-20)36-25-12-8-5-9-13-25/h4-17,20,26-29H,18-19H2,1-3H3/t20-,26-,27+,28+,29-/m0/s1. The van der Waals surface area contributed by atoms with Crippen molar-refractivity contribution in [2.75, 3.05) is 7.11 Å². The van der Waals surface area contributed by atoms with E-state index in [0.29, 0.717) is 13.2 Å². The van der Waals surface area contributed by atoms with Crippen LogP contribution < -0.4 is 4.74 Å². The molecule has 1 aliphatic heterocycles. The summed E-state index contributed by atoms with van der Waals surface area (Å²) in [6.45, 7) is 4.10. The van der Waals surface area contributed by atoms with Gasteiger partial charge in [-0.2, -0.15) is 0 Å². The number of carbonyl (C=O) groups excluding carboxylic acids is 1. The lowest BCUT2D eigenvalue weighted by Crippen LogP contribution is -2.58. The number of thioether (sulfide) groups is 1. The molecule has 0 unspecified atom stereocenters. The molecule has 190 valence electrons. The van der Waals surface area contributed by atoms with Crippen molar-refractivity contribution in [1.29, 1.82) is 0 Å². The Bertz CT molecular complexity index is 1080. The minimum atomic E-state index is -0.664. The van der Waals surface area contributed by atoms with Gasteiger partial charge in [-0.25, -0.2) is 0 Å². The highest BCUT2D eigenvalue weighted by atomic mass is 32.2. The number of benzene rings is 3. The second kappa shape index (κ2) is 12.9. The van der Waals surface area contributed by atoms with Gasteiger partial charge in [0.2, 0.25) is 0 Å². The molecular weight excluding hydrogens is 476 g/mol. The van der Waals surface area contributed by atoms with Crippen LogP contribution in [0.25, 0.3) is 0 Å². The lowest BCUT2D eigenvalue weighted by atomic mass is 9.99. The van der Waals surface area contributed by atoms with Crippen LogP contribution in [-0.2, 0) is 37.0 Å². The Balaban J connectivity index is 1.58. The van der Waals surface area contributed by atoms with Crippen molar-refractivity contribution in [2.24, 2.45) is 0 Å². The molecule has 5 atom stereocenters. The largest absolute Gasteiger partial charge is 0.497 e. The number of hydrogen-bond donors (Lipinski definition) is 0. The smallest absolute Gasteiger partial charge is 0.303 e. The third kappa shape index (κ3) is 7.11. The Morgan fingerprint density at radius 2 is 1.39 bits per heavy atom. The summed E-state index contributed by atoms with van der Waals surface area (Å²) in [6.07, 6.45) is -1.93. The Morgan fingerprint density at radius 1 is 0.806 bits per heavy atom. The highest BCUT2D eigenvalue weighted by molar-refractivity contribution is 7.99. The van der Waals surface area contributed by atoms with Gasteiger partial charge in [0.25, 0.3) is 0 Å². The first kappa shape index (κ1) is 26.2. The summed E-state index contributed by atoms with van der Waals surface area (Å²) >= 11 is 1.51. The molecule has 1 aliphatic rings. The van der Waals surface area contributed by atoms with Crippen molar-refractivity contribution in [2.45, 2.75) is 61.8 Å². The van der Waals surface area contributed by atoms with Gasteiger partial charge < -0.3 is 23.7 Å². The van der Waals surface area contributed by atoms with E-state index in [9.17, 15) is 4.79 Å². The first-order chi connectivity index (χ1) is 17.5. The lowest BCUT2D eigenvalue weighted by molar-refractivity contribution is -0.237. The van der Waals surface area contributed by atoms with Crippen LogP contribution in [0.1, 0.15) is 25.0 Å². The second-order valence-electron chi connectivity index (χ2n) is 8.60. The Morgan fingerprint density at radius 3 is 2.00 bits per heavy atom. The molecule has 36 heavy (non-hydrogen) atoms. The number of hydrogen-bond acceptors (Lipinski definition) is 7. The fraction of sp³-hybridized carbons (Fsp3) is 0.345. The summed E-state index contributed by atoms with van der Waals surface area (Å²) in [5.41, 5.74) is 1.57.